The molecule has 166 valence electrons. The highest BCUT2D eigenvalue weighted by Gasteiger charge is 2.24. The Labute approximate surface area is 188 Å². The molecule has 0 spiro atoms. The van der Waals surface area contributed by atoms with E-state index >= 15 is 0 Å². The predicted molar refractivity (Wildman–Crippen MR) is 123 cm³/mol. The van der Waals surface area contributed by atoms with Crippen molar-refractivity contribution in [1.29, 1.82) is 0 Å². The third kappa shape index (κ3) is 5.55. The molecule has 1 atom stereocenters. The van der Waals surface area contributed by atoms with E-state index in [1.165, 1.54) is 0 Å². The Morgan fingerprint density at radius 2 is 1.78 bits per heavy atom. The molecular formula is C25H28N4O3. The fourth-order valence-electron chi connectivity index (χ4n) is 3.70. The molecular weight excluding hydrogens is 404 g/mol. The first-order valence-corrected chi connectivity index (χ1v) is 11.0. The van der Waals surface area contributed by atoms with Crippen LogP contribution in [0.1, 0.15) is 35.7 Å². The molecule has 2 aromatic carbocycles. The topological polar surface area (TPSA) is 76.6 Å². The summed E-state index contributed by atoms with van der Waals surface area (Å²) < 4.78 is 11.9. The predicted octanol–water partition coefficient (Wildman–Crippen LogP) is 3.85. The van der Waals surface area contributed by atoms with E-state index < -0.39 is 0 Å². The third-order valence-corrected chi connectivity index (χ3v) is 5.30. The summed E-state index contributed by atoms with van der Waals surface area (Å²) in [5, 5.41) is 2.90. The summed E-state index contributed by atoms with van der Waals surface area (Å²) in [5.41, 5.74) is 1.49. The smallest absolute Gasteiger partial charge is 0.254 e. The highest BCUT2D eigenvalue weighted by molar-refractivity contribution is 5.93. The van der Waals surface area contributed by atoms with Crippen LogP contribution in [0.4, 0.5) is 5.95 Å². The van der Waals surface area contributed by atoms with Crippen molar-refractivity contribution >= 4 is 11.9 Å². The first kappa shape index (κ1) is 21.6. The van der Waals surface area contributed by atoms with Gasteiger partial charge in [0.05, 0.1) is 18.7 Å². The first-order valence-electron chi connectivity index (χ1n) is 11.0. The first-order chi connectivity index (χ1) is 15.7. The van der Waals surface area contributed by atoms with Crippen molar-refractivity contribution in [2.45, 2.75) is 32.4 Å². The number of aromatic nitrogens is 2. The zero-order valence-electron chi connectivity index (χ0n) is 18.2. The Hall–Kier alpha value is -3.61. The van der Waals surface area contributed by atoms with Crippen LogP contribution >= 0.6 is 0 Å². The molecule has 1 amide bonds. The maximum atomic E-state index is 12.4. The molecule has 1 aromatic heterocycles. The maximum absolute atomic E-state index is 12.4. The van der Waals surface area contributed by atoms with Crippen LogP contribution in [-0.2, 0) is 6.54 Å². The molecule has 1 fully saturated rings. The second kappa shape index (κ2) is 10.6. The van der Waals surface area contributed by atoms with Crippen molar-refractivity contribution in [2.75, 3.05) is 24.6 Å². The molecule has 4 rings (SSSR count). The SMILES string of the molecule is CCOc1ccccc1O[C@@H]1CCCN(c2ncc(C(=O)NCc3ccccc3)cn2)C1. The second-order valence-corrected chi connectivity index (χ2v) is 7.65. The number of amides is 1. The van der Waals surface area contributed by atoms with E-state index in [9.17, 15) is 4.79 Å². The van der Waals surface area contributed by atoms with Crippen LogP contribution in [0.2, 0.25) is 0 Å². The summed E-state index contributed by atoms with van der Waals surface area (Å²) >= 11 is 0. The van der Waals surface area contributed by atoms with E-state index in [1.54, 1.807) is 12.4 Å². The van der Waals surface area contributed by atoms with E-state index in [2.05, 4.69) is 20.2 Å². The number of carbonyl (C=O) groups is 1. The number of carbonyl (C=O) groups excluding carboxylic acids is 1. The molecule has 3 aromatic rings. The van der Waals surface area contributed by atoms with Crippen LogP contribution in [-0.4, -0.2) is 41.7 Å². The largest absolute Gasteiger partial charge is 0.490 e. The maximum Gasteiger partial charge on any atom is 0.254 e. The number of rotatable bonds is 8. The molecule has 2 heterocycles. The van der Waals surface area contributed by atoms with Gasteiger partial charge in [-0.15, -0.1) is 0 Å². The Balaban J connectivity index is 1.35. The Kier molecular flexibility index (Phi) is 7.17. The number of nitrogens with zero attached hydrogens (tertiary/aromatic N) is 3. The minimum absolute atomic E-state index is 0.0165. The second-order valence-electron chi connectivity index (χ2n) is 7.65. The van der Waals surface area contributed by atoms with Crippen LogP contribution in [0.5, 0.6) is 11.5 Å². The van der Waals surface area contributed by atoms with E-state index in [4.69, 9.17) is 9.47 Å². The molecule has 7 nitrogen and oxygen atoms in total. The Morgan fingerprint density at radius 3 is 2.53 bits per heavy atom. The lowest BCUT2D eigenvalue weighted by atomic mass is 10.1. The number of ether oxygens (including phenoxy) is 2. The van der Waals surface area contributed by atoms with Crippen LogP contribution < -0.4 is 19.7 Å². The molecule has 0 unspecified atom stereocenters. The van der Waals surface area contributed by atoms with Gasteiger partial charge < -0.3 is 19.7 Å². The molecule has 0 bridgehead atoms. The standard InChI is InChI=1S/C25H28N4O3/c1-2-31-22-12-6-7-13-23(22)32-21-11-8-14-29(18-21)25-27-16-20(17-28-25)24(30)26-15-19-9-4-3-5-10-19/h3-7,9-10,12-13,16-17,21H,2,8,11,14-15,18H2,1H3,(H,26,30)/t21-/m1/s1. The normalized spacial score (nSPS) is 15.8. The Bertz CT molecular complexity index is 1010. The van der Waals surface area contributed by atoms with Crippen molar-refractivity contribution < 1.29 is 14.3 Å². The molecule has 1 N–H and O–H groups in total. The Morgan fingerprint density at radius 1 is 1.06 bits per heavy atom. The number of nitrogens with one attached hydrogen (secondary N) is 1. The van der Waals surface area contributed by atoms with Gasteiger partial charge in [0.2, 0.25) is 5.95 Å². The lowest BCUT2D eigenvalue weighted by Gasteiger charge is -2.33. The van der Waals surface area contributed by atoms with Crippen LogP contribution in [0, 0.1) is 0 Å². The van der Waals surface area contributed by atoms with Gasteiger partial charge >= 0.3 is 0 Å². The highest BCUT2D eigenvalue weighted by atomic mass is 16.5. The number of piperidine rings is 1. The zero-order chi connectivity index (χ0) is 22.2. The van der Waals surface area contributed by atoms with Gasteiger partial charge in [-0.25, -0.2) is 9.97 Å². The van der Waals surface area contributed by atoms with E-state index in [0.29, 0.717) is 31.2 Å². The average molecular weight is 433 g/mol. The highest BCUT2D eigenvalue weighted by Crippen LogP contribution is 2.29. The average Bonchev–Trinajstić information content (AvgIpc) is 2.85. The minimum atomic E-state index is -0.187. The molecule has 1 aliphatic rings. The van der Waals surface area contributed by atoms with Crippen molar-refractivity contribution in [3.63, 3.8) is 0 Å². The van der Waals surface area contributed by atoms with Crippen molar-refractivity contribution in [3.8, 4) is 11.5 Å². The zero-order valence-corrected chi connectivity index (χ0v) is 18.2. The lowest BCUT2D eigenvalue weighted by molar-refractivity contribution is 0.0950. The monoisotopic (exact) mass is 432 g/mol. The summed E-state index contributed by atoms with van der Waals surface area (Å²) in [6.07, 6.45) is 5.11. The van der Waals surface area contributed by atoms with E-state index in [1.807, 2.05) is 61.5 Å². The van der Waals surface area contributed by atoms with Gasteiger partial charge in [-0.05, 0) is 37.5 Å². The molecule has 0 radical (unpaired) electrons. The fourth-order valence-corrected chi connectivity index (χ4v) is 3.70. The molecule has 7 heteroatoms. The molecule has 0 saturated carbocycles. The van der Waals surface area contributed by atoms with Gasteiger partial charge in [-0.3, -0.25) is 4.79 Å². The summed E-state index contributed by atoms with van der Waals surface area (Å²) in [5.74, 6) is 1.94. The molecule has 0 aliphatic carbocycles. The summed E-state index contributed by atoms with van der Waals surface area (Å²) in [6.45, 7) is 4.56. The molecule has 32 heavy (non-hydrogen) atoms. The number of benzene rings is 2. The van der Waals surface area contributed by atoms with Crippen molar-refractivity contribution in [3.05, 3.63) is 78.1 Å². The minimum Gasteiger partial charge on any atom is -0.490 e. The quantitative estimate of drug-likeness (QED) is 0.583. The summed E-state index contributed by atoms with van der Waals surface area (Å²) in [4.78, 5) is 23.4. The third-order valence-electron chi connectivity index (χ3n) is 5.30. The van der Waals surface area contributed by atoms with Crippen molar-refractivity contribution in [1.82, 2.24) is 15.3 Å². The molecule has 1 saturated heterocycles. The number of para-hydroxylation sites is 2. The number of anilines is 1. The van der Waals surface area contributed by atoms with Gasteiger partial charge in [0, 0.05) is 25.5 Å². The van der Waals surface area contributed by atoms with Gasteiger partial charge in [-0.2, -0.15) is 0 Å². The fraction of sp³-hybridized carbons (Fsp3) is 0.320. The van der Waals surface area contributed by atoms with Gasteiger partial charge in [-0.1, -0.05) is 42.5 Å². The van der Waals surface area contributed by atoms with Crippen LogP contribution in [0.3, 0.4) is 0 Å². The van der Waals surface area contributed by atoms with Gasteiger partial charge in [0.1, 0.15) is 6.10 Å². The summed E-state index contributed by atoms with van der Waals surface area (Å²) in [7, 11) is 0. The van der Waals surface area contributed by atoms with Gasteiger partial charge in [0.15, 0.2) is 11.5 Å². The lowest BCUT2D eigenvalue weighted by Crippen LogP contribution is -2.42. The molecule has 1 aliphatic heterocycles. The number of hydrogen-bond donors (Lipinski definition) is 1. The number of hydrogen-bond acceptors (Lipinski definition) is 6. The van der Waals surface area contributed by atoms with Crippen LogP contribution in [0.25, 0.3) is 0 Å². The van der Waals surface area contributed by atoms with Crippen LogP contribution in [0.15, 0.2) is 67.0 Å². The van der Waals surface area contributed by atoms with Gasteiger partial charge in [0.25, 0.3) is 5.91 Å². The van der Waals surface area contributed by atoms with Crippen molar-refractivity contribution in [2.24, 2.45) is 0 Å². The summed E-state index contributed by atoms with van der Waals surface area (Å²) in [6, 6.07) is 17.5. The van der Waals surface area contributed by atoms with E-state index in [0.717, 1.165) is 36.4 Å². The van der Waals surface area contributed by atoms with E-state index in [-0.39, 0.29) is 12.0 Å².